The molecule has 4 heteroatoms. The van der Waals surface area contributed by atoms with Crippen molar-refractivity contribution >= 4 is 5.82 Å². The van der Waals surface area contributed by atoms with Crippen LogP contribution in [0.1, 0.15) is 26.0 Å². The van der Waals surface area contributed by atoms with Gasteiger partial charge in [-0.05, 0) is 25.8 Å². The van der Waals surface area contributed by atoms with Gasteiger partial charge in [-0.3, -0.25) is 4.68 Å². The van der Waals surface area contributed by atoms with Crippen molar-refractivity contribution in [3.8, 4) is 0 Å². The third-order valence-electron chi connectivity index (χ3n) is 3.66. The second kappa shape index (κ2) is 5.08. The molecule has 1 aromatic heterocycles. The Hall–Kier alpha value is -1.03. The molecule has 1 unspecified atom stereocenters. The predicted molar refractivity (Wildman–Crippen MR) is 71.4 cm³/mol. The number of nitrogens with zero attached hydrogens (tertiary/aromatic N) is 3. The first kappa shape index (κ1) is 12.4. The lowest BCUT2D eigenvalue weighted by molar-refractivity contribution is 0.419. The van der Waals surface area contributed by atoms with E-state index in [2.05, 4.69) is 42.2 Å². The van der Waals surface area contributed by atoms with Crippen LogP contribution in [-0.2, 0) is 7.05 Å². The van der Waals surface area contributed by atoms with Crippen LogP contribution in [-0.4, -0.2) is 35.5 Å². The molecular formula is C13H24N4. The summed E-state index contributed by atoms with van der Waals surface area (Å²) in [5.74, 6) is 1.79. The van der Waals surface area contributed by atoms with Crippen LogP contribution >= 0.6 is 0 Å². The fourth-order valence-corrected chi connectivity index (χ4v) is 2.30. The van der Waals surface area contributed by atoms with Gasteiger partial charge in [0.1, 0.15) is 0 Å². The summed E-state index contributed by atoms with van der Waals surface area (Å²) < 4.78 is 1.96. The zero-order chi connectivity index (χ0) is 12.4. The molecule has 1 aliphatic rings. The molecule has 2 rings (SSSR count). The summed E-state index contributed by atoms with van der Waals surface area (Å²) in [5.41, 5.74) is 1.22. The predicted octanol–water partition coefficient (Wildman–Crippen LogP) is 1.55. The maximum absolute atomic E-state index is 4.58. The minimum Gasteiger partial charge on any atom is -0.354 e. The Labute approximate surface area is 104 Å². The first-order valence-electron chi connectivity index (χ1n) is 6.57. The van der Waals surface area contributed by atoms with E-state index in [1.807, 2.05) is 11.7 Å². The van der Waals surface area contributed by atoms with Crippen molar-refractivity contribution in [2.45, 2.75) is 33.2 Å². The van der Waals surface area contributed by atoms with Gasteiger partial charge in [0, 0.05) is 37.9 Å². The molecule has 0 bridgehead atoms. The number of nitrogens with one attached hydrogen (secondary N) is 1. The number of hydrogen-bond acceptors (Lipinski definition) is 3. The molecule has 0 amide bonds. The lowest BCUT2D eigenvalue weighted by Gasteiger charge is -2.26. The topological polar surface area (TPSA) is 33.1 Å². The molecule has 0 radical (unpaired) electrons. The molecule has 0 saturated carbocycles. The number of rotatable bonds is 2. The number of aryl methyl sites for hydroxylation is 2. The van der Waals surface area contributed by atoms with Crippen molar-refractivity contribution in [3.05, 3.63) is 11.8 Å². The minimum absolute atomic E-state index is 0.569. The van der Waals surface area contributed by atoms with Crippen molar-refractivity contribution in [2.75, 3.05) is 24.5 Å². The van der Waals surface area contributed by atoms with Crippen molar-refractivity contribution in [1.82, 2.24) is 15.1 Å². The van der Waals surface area contributed by atoms with Crippen LogP contribution in [0.15, 0.2) is 6.07 Å². The number of anilines is 1. The lowest BCUT2D eigenvalue weighted by atomic mass is 10.0. The van der Waals surface area contributed by atoms with Gasteiger partial charge in [-0.2, -0.15) is 5.10 Å². The average Bonchev–Trinajstić information content (AvgIpc) is 2.54. The van der Waals surface area contributed by atoms with Gasteiger partial charge in [-0.15, -0.1) is 0 Å². The molecule has 17 heavy (non-hydrogen) atoms. The summed E-state index contributed by atoms with van der Waals surface area (Å²) in [6.07, 6.45) is 1.19. The van der Waals surface area contributed by atoms with Crippen LogP contribution in [0.4, 0.5) is 5.82 Å². The summed E-state index contributed by atoms with van der Waals surface area (Å²) in [4.78, 5) is 2.41. The monoisotopic (exact) mass is 236 g/mol. The maximum Gasteiger partial charge on any atom is 0.150 e. The fourth-order valence-electron chi connectivity index (χ4n) is 2.30. The Balaban J connectivity index is 2.13. The Morgan fingerprint density at radius 2 is 2.24 bits per heavy atom. The van der Waals surface area contributed by atoms with E-state index in [9.17, 15) is 0 Å². The summed E-state index contributed by atoms with van der Waals surface area (Å²) in [7, 11) is 2.01. The van der Waals surface area contributed by atoms with Crippen LogP contribution in [0.3, 0.4) is 0 Å². The maximum atomic E-state index is 4.58. The number of aromatic nitrogens is 2. The van der Waals surface area contributed by atoms with Crippen LogP contribution in [0, 0.1) is 12.8 Å². The molecule has 1 aliphatic heterocycles. The Morgan fingerprint density at radius 3 is 2.82 bits per heavy atom. The Bertz CT molecular complexity index is 350. The summed E-state index contributed by atoms with van der Waals surface area (Å²) in [5, 5.41) is 8.21. The van der Waals surface area contributed by atoms with E-state index in [1.54, 1.807) is 0 Å². The first-order chi connectivity index (χ1) is 8.08. The molecule has 1 atom stereocenters. The highest BCUT2D eigenvalue weighted by Gasteiger charge is 2.21. The van der Waals surface area contributed by atoms with Crippen molar-refractivity contribution in [3.63, 3.8) is 0 Å². The van der Waals surface area contributed by atoms with Gasteiger partial charge >= 0.3 is 0 Å². The lowest BCUT2D eigenvalue weighted by Crippen LogP contribution is -2.41. The van der Waals surface area contributed by atoms with Gasteiger partial charge < -0.3 is 10.2 Å². The van der Waals surface area contributed by atoms with Gasteiger partial charge in [0.2, 0.25) is 0 Å². The highest BCUT2D eigenvalue weighted by atomic mass is 15.3. The molecule has 1 saturated heterocycles. The average molecular weight is 236 g/mol. The summed E-state index contributed by atoms with van der Waals surface area (Å²) in [6.45, 7) is 9.95. The molecule has 1 fully saturated rings. The highest BCUT2D eigenvalue weighted by molar-refractivity contribution is 5.40. The van der Waals surface area contributed by atoms with Gasteiger partial charge in [-0.1, -0.05) is 13.8 Å². The molecule has 0 aromatic carbocycles. The van der Waals surface area contributed by atoms with Crippen molar-refractivity contribution < 1.29 is 0 Å². The zero-order valence-corrected chi connectivity index (χ0v) is 11.4. The molecule has 0 spiro atoms. The second-order valence-corrected chi connectivity index (χ2v) is 5.37. The Kier molecular flexibility index (Phi) is 3.72. The van der Waals surface area contributed by atoms with Crippen molar-refractivity contribution in [2.24, 2.45) is 13.0 Å². The molecule has 4 nitrogen and oxygen atoms in total. The number of hydrogen-bond donors (Lipinski definition) is 1. The van der Waals surface area contributed by atoms with E-state index in [1.165, 1.54) is 12.1 Å². The normalized spacial score (nSPS) is 21.9. The van der Waals surface area contributed by atoms with E-state index >= 15 is 0 Å². The van der Waals surface area contributed by atoms with Gasteiger partial charge in [0.05, 0.1) is 0 Å². The van der Waals surface area contributed by atoms with Crippen LogP contribution in [0.2, 0.25) is 0 Å². The van der Waals surface area contributed by atoms with Gasteiger partial charge in [0.25, 0.3) is 0 Å². The molecule has 96 valence electrons. The van der Waals surface area contributed by atoms with Crippen LogP contribution in [0.5, 0.6) is 0 Å². The quantitative estimate of drug-likeness (QED) is 0.846. The van der Waals surface area contributed by atoms with Crippen LogP contribution in [0.25, 0.3) is 0 Å². The van der Waals surface area contributed by atoms with E-state index < -0.39 is 0 Å². The molecular weight excluding hydrogens is 212 g/mol. The van der Waals surface area contributed by atoms with E-state index in [4.69, 9.17) is 0 Å². The van der Waals surface area contributed by atoms with Crippen molar-refractivity contribution in [1.29, 1.82) is 0 Å². The van der Waals surface area contributed by atoms with Gasteiger partial charge in [-0.25, -0.2) is 0 Å². The summed E-state index contributed by atoms with van der Waals surface area (Å²) in [6, 6.07) is 2.75. The standard InChI is InChI=1S/C13H24N4/c1-10(2)12-9-17(7-5-6-14-12)13-8-11(3)16(4)15-13/h8,10,12,14H,5-7,9H2,1-4H3. The van der Waals surface area contributed by atoms with Gasteiger partial charge in [0.15, 0.2) is 5.82 Å². The fraction of sp³-hybridized carbons (Fsp3) is 0.769. The molecule has 2 heterocycles. The Morgan fingerprint density at radius 1 is 1.47 bits per heavy atom. The first-order valence-corrected chi connectivity index (χ1v) is 6.57. The van der Waals surface area contributed by atoms with E-state index in [-0.39, 0.29) is 0 Å². The van der Waals surface area contributed by atoms with Crippen LogP contribution < -0.4 is 10.2 Å². The third-order valence-corrected chi connectivity index (χ3v) is 3.66. The smallest absolute Gasteiger partial charge is 0.150 e. The SMILES string of the molecule is Cc1cc(N2CCCNC(C(C)C)C2)nn1C. The molecule has 1 N–H and O–H groups in total. The molecule has 0 aliphatic carbocycles. The minimum atomic E-state index is 0.569. The highest BCUT2D eigenvalue weighted by Crippen LogP contribution is 2.17. The second-order valence-electron chi connectivity index (χ2n) is 5.37. The summed E-state index contributed by atoms with van der Waals surface area (Å²) >= 11 is 0. The largest absolute Gasteiger partial charge is 0.354 e. The molecule has 1 aromatic rings. The van der Waals surface area contributed by atoms with E-state index in [0.717, 1.165) is 25.5 Å². The van der Waals surface area contributed by atoms with E-state index in [0.29, 0.717) is 12.0 Å². The zero-order valence-electron chi connectivity index (χ0n) is 11.4. The third kappa shape index (κ3) is 2.80.